The largest absolute Gasteiger partial charge is 0.481 e. The number of anilines is 1. The lowest BCUT2D eigenvalue weighted by Crippen LogP contribution is -2.26. The number of carboxylic acids is 1. The Morgan fingerprint density at radius 1 is 1.00 bits per heavy atom. The highest BCUT2D eigenvalue weighted by atomic mass is 32.1. The molecule has 5 nitrogen and oxygen atoms in total. The van der Waals surface area contributed by atoms with E-state index >= 15 is 0 Å². The van der Waals surface area contributed by atoms with Crippen molar-refractivity contribution in [3.8, 4) is 11.5 Å². The lowest BCUT2D eigenvalue weighted by atomic mass is 10.1. The minimum absolute atomic E-state index is 0.833. The number of nitrogens with zero attached hydrogens (tertiary/aromatic N) is 1. The highest BCUT2D eigenvalue weighted by molar-refractivity contribution is 7.80. The third-order valence-corrected chi connectivity index (χ3v) is 4.89. The Morgan fingerprint density at radius 2 is 1.52 bits per heavy atom. The summed E-state index contributed by atoms with van der Waals surface area (Å²) in [6.45, 7) is 16.2. The molecule has 0 aliphatic carbocycles. The molecule has 0 aromatic heterocycles. The van der Waals surface area contributed by atoms with Gasteiger partial charge in [0.2, 0.25) is 0 Å². The zero-order valence-corrected chi connectivity index (χ0v) is 22.3. The Balaban J connectivity index is 0.000000968. The molecule has 33 heavy (non-hydrogen) atoms. The maximum Gasteiger partial charge on any atom is 0.300 e. The second kappa shape index (κ2) is 19.3. The molecule has 2 aromatic carbocycles. The molecule has 0 saturated heterocycles. The molecule has 0 unspecified atom stereocenters. The van der Waals surface area contributed by atoms with Gasteiger partial charge in [0.25, 0.3) is 5.97 Å². The molecule has 0 atom stereocenters. The summed E-state index contributed by atoms with van der Waals surface area (Å²) in [5.41, 5.74) is 2.37. The molecular weight excluding hydrogens is 432 g/mol. The summed E-state index contributed by atoms with van der Waals surface area (Å²) in [5.74, 6) is 0.881. The average Bonchev–Trinajstić information content (AvgIpc) is 2.77. The van der Waals surface area contributed by atoms with Gasteiger partial charge >= 0.3 is 0 Å². The Labute approximate surface area is 207 Å². The van der Waals surface area contributed by atoms with Crippen LogP contribution in [0, 0.1) is 6.92 Å². The fourth-order valence-electron chi connectivity index (χ4n) is 2.98. The molecule has 0 heterocycles. The smallest absolute Gasteiger partial charge is 0.300 e. The molecule has 186 valence electrons. The third kappa shape index (κ3) is 14.6. The van der Waals surface area contributed by atoms with Gasteiger partial charge < -0.3 is 20.1 Å². The molecule has 2 rings (SSSR count). The zero-order valence-electron chi connectivity index (χ0n) is 21.4. The van der Waals surface area contributed by atoms with Crippen LogP contribution in [-0.4, -0.2) is 37.3 Å². The second-order valence-corrected chi connectivity index (χ2v) is 8.20. The number of aliphatic carboxylic acids is 1. The van der Waals surface area contributed by atoms with Gasteiger partial charge in [0.15, 0.2) is 5.75 Å². The molecule has 0 fully saturated rings. The van der Waals surface area contributed by atoms with Crippen molar-refractivity contribution in [3.63, 3.8) is 0 Å². The predicted molar refractivity (Wildman–Crippen MR) is 145 cm³/mol. The molecule has 0 amide bonds. The van der Waals surface area contributed by atoms with Gasteiger partial charge in [0.1, 0.15) is 5.75 Å². The van der Waals surface area contributed by atoms with Crippen LogP contribution >= 0.6 is 12.6 Å². The van der Waals surface area contributed by atoms with Gasteiger partial charge in [0.05, 0.1) is 5.69 Å². The first-order valence-corrected chi connectivity index (χ1v) is 12.5. The molecule has 0 spiro atoms. The van der Waals surface area contributed by atoms with Crippen molar-refractivity contribution in [1.29, 1.82) is 0 Å². The Bertz CT molecular complexity index is 755. The Hall–Kier alpha value is -2.18. The number of thiol groups is 1. The van der Waals surface area contributed by atoms with Crippen LogP contribution in [0.1, 0.15) is 65.9 Å². The molecule has 0 aliphatic rings. The second-order valence-electron chi connectivity index (χ2n) is 7.72. The monoisotopic (exact) mass is 476 g/mol. The maximum absolute atomic E-state index is 9.00. The predicted octanol–water partition coefficient (Wildman–Crippen LogP) is 7.19. The Morgan fingerprint density at radius 3 is 1.94 bits per heavy atom. The van der Waals surface area contributed by atoms with Crippen LogP contribution in [0.25, 0.3) is 0 Å². The van der Waals surface area contributed by atoms with E-state index in [1.807, 2.05) is 30.3 Å². The van der Waals surface area contributed by atoms with E-state index < -0.39 is 5.97 Å². The van der Waals surface area contributed by atoms with Crippen LogP contribution in [0.5, 0.6) is 11.5 Å². The van der Waals surface area contributed by atoms with Gasteiger partial charge in [-0.05, 0) is 62.7 Å². The number of carbonyl (C=O) groups is 1. The molecule has 6 heteroatoms. The van der Waals surface area contributed by atoms with Crippen molar-refractivity contribution in [1.82, 2.24) is 5.32 Å². The van der Waals surface area contributed by atoms with Crippen molar-refractivity contribution in [2.75, 3.05) is 31.1 Å². The summed E-state index contributed by atoms with van der Waals surface area (Å²) in [6.07, 6.45) is 4.75. The summed E-state index contributed by atoms with van der Waals surface area (Å²) in [7, 11) is 0. The standard InChI is InChI=1S/C21H29NOS.C4H11N.C2H4O2/c1-4-6-13-22(14-7-5-2)19-15-17(3)16-20(24)21(19)23-18-11-9-8-10-12-18;1-3-5-4-2;1-2(3)4/h8-12,15-16,24H,4-7,13-14H2,1-3H3;5H,3-4H2,1-2H3;1H3,(H,3,4). The summed E-state index contributed by atoms with van der Waals surface area (Å²) < 4.78 is 6.22. The summed E-state index contributed by atoms with van der Waals surface area (Å²) >= 11 is 4.69. The fourth-order valence-corrected chi connectivity index (χ4v) is 3.35. The van der Waals surface area contributed by atoms with Crippen LogP contribution < -0.4 is 15.0 Å². The van der Waals surface area contributed by atoms with Crippen LogP contribution in [0.2, 0.25) is 0 Å². The molecular formula is C27H44N2O3S. The van der Waals surface area contributed by atoms with E-state index in [2.05, 4.69) is 57.0 Å². The van der Waals surface area contributed by atoms with Crippen molar-refractivity contribution in [2.24, 2.45) is 0 Å². The number of unbranched alkanes of at least 4 members (excludes halogenated alkanes) is 2. The molecule has 0 aliphatic heterocycles. The zero-order chi connectivity index (χ0) is 25.1. The first-order valence-electron chi connectivity index (χ1n) is 12.0. The van der Waals surface area contributed by atoms with Gasteiger partial charge in [-0.15, -0.1) is 12.6 Å². The van der Waals surface area contributed by atoms with Crippen LogP contribution in [0.4, 0.5) is 5.69 Å². The lowest BCUT2D eigenvalue weighted by Gasteiger charge is -2.28. The molecule has 2 aromatic rings. The number of aryl methyl sites for hydroxylation is 1. The average molecular weight is 477 g/mol. The summed E-state index contributed by atoms with van der Waals surface area (Å²) in [4.78, 5) is 12.4. The SMILES string of the molecule is CC(=O)O.CCCCN(CCCC)c1cc(C)cc(S)c1Oc1ccccc1.CCNCC. The van der Waals surface area contributed by atoms with E-state index in [0.717, 1.165) is 55.2 Å². The quantitative estimate of drug-likeness (QED) is 0.300. The summed E-state index contributed by atoms with van der Waals surface area (Å²) in [6, 6.07) is 14.3. The van der Waals surface area contributed by atoms with Crippen molar-refractivity contribution in [3.05, 3.63) is 48.0 Å². The van der Waals surface area contributed by atoms with Gasteiger partial charge in [0, 0.05) is 24.9 Å². The van der Waals surface area contributed by atoms with Gasteiger partial charge in [-0.3, -0.25) is 4.79 Å². The van der Waals surface area contributed by atoms with E-state index in [9.17, 15) is 0 Å². The molecule has 2 N–H and O–H groups in total. The van der Waals surface area contributed by atoms with Crippen molar-refractivity contribution in [2.45, 2.75) is 72.1 Å². The summed E-state index contributed by atoms with van der Waals surface area (Å²) in [5, 5.41) is 10.5. The molecule has 0 saturated carbocycles. The highest BCUT2D eigenvalue weighted by Crippen LogP contribution is 2.39. The van der Waals surface area contributed by atoms with Crippen molar-refractivity contribution < 1.29 is 14.6 Å². The number of rotatable bonds is 11. The first-order chi connectivity index (χ1) is 15.8. The van der Waals surface area contributed by atoms with Gasteiger partial charge in [-0.1, -0.05) is 58.7 Å². The van der Waals surface area contributed by atoms with Crippen LogP contribution in [0.15, 0.2) is 47.4 Å². The van der Waals surface area contributed by atoms with E-state index in [1.165, 1.54) is 31.2 Å². The minimum atomic E-state index is -0.833. The topological polar surface area (TPSA) is 61.8 Å². The number of nitrogens with one attached hydrogen (secondary N) is 1. The van der Waals surface area contributed by atoms with Gasteiger partial charge in [-0.2, -0.15) is 0 Å². The third-order valence-electron chi connectivity index (χ3n) is 4.56. The van der Waals surface area contributed by atoms with Gasteiger partial charge in [-0.25, -0.2) is 0 Å². The lowest BCUT2D eigenvalue weighted by molar-refractivity contribution is -0.134. The maximum atomic E-state index is 9.00. The number of para-hydroxylation sites is 1. The first kappa shape index (κ1) is 30.8. The highest BCUT2D eigenvalue weighted by Gasteiger charge is 2.16. The van der Waals surface area contributed by atoms with E-state index in [1.54, 1.807) is 0 Å². The van der Waals surface area contributed by atoms with E-state index in [-0.39, 0.29) is 0 Å². The van der Waals surface area contributed by atoms with Crippen LogP contribution in [0.3, 0.4) is 0 Å². The molecule has 0 radical (unpaired) electrons. The molecule has 0 bridgehead atoms. The van der Waals surface area contributed by atoms with E-state index in [0.29, 0.717) is 0 Å². The number of ether oxygens (including phenoxy) is 1. The normalized spacial score (nSPS) is 9.79. The van der Waals surface area contributed by atoms with Crippen LogP contribution in [-0.2, 0) is 4.79 Å². The minimum Gasteiger partial charge on any atom is -0.481 e. The Kier molecular flexibility index (Phi) is 18.0. The van der Waals surface area contributed by atoms with Crippen molar-refractivity contribution >= 4 is 24.3 Å². The van der Waals surface area contributed by atoms with E-state index in [4.69, 9.17) is 27.3 Å². The number of benzene rings is 2. The number of carboxylic acid groups (broad SMARTS) is 1. The number of hydrogen-bond acceptors (Lipinski definition) is 5. The fraction of sp³-hybridized carbons (Fsp3) is 0.519. The number of hydrogen-bond donors (Lipinski definition) is 3.